The fraction of sp³-hybridized carbons (Fsp3) is 0.812. The second-order valence-electron chi connectivity index (χ2n) is 15.0. The molecule has 0 amide bonds. The fourth-order valence-corrected chi connectivity index (χ4v) is 10.5. The molecule has 4 fully saturated rings. The molecule has 0 bridgehead atoms. The van der Waals surface area contributed by atoms with Gasteiger partial charge >= 0.3 is 5.97 Å². The molecular weight excluding hydrogens is 462 g/mol. The van der Waals surface area contributed by atoms with E-state index in [0.29, 0.717) is 18.8 Å². The van der Waals surface area contributed by atoms with Crippen LogP contribution < -0.4 is 0 Å². The van der Waals surface area contributed by atoms with Gasteiger partial charge in [0, 0.05) is 30.6 Å². The Morgan fingerprint density at radius 2 is 1.70 bits per heavy atom. The van der Waals surface area contributed by atoms with Gasteiger partial charge in [-0.15, -0.1) is 0 Å². The van der Waals surface area contributed by atoms with Gasteiger partial charge in [0.2, 0.25) is 0 Å². The number of carbonyl (C=O) groups is 3. The van der Waals surface area contributed by atoms with Crippen molar-refractivity contribution in [3.63, 3.8) is 0 Å². The van der Waals surface area contributed by atoms with Crippen molar-refractivity contribution in [3.8, 4) is 6.07 Å². The standard InChI is InChI=1S/C32H45NO4/c1-19-22-8-9-30(6)25(29(22,5)15-21(17-33)27(19)36)14-24(35)26-23-16-28(3,4)10-12-32(23,18-37-20(2)34)13-11-31(26,30)7/h15,19,22-23,25-26H,8-14,16,18H2,1-7H3/t19-,22-,23?,25+,26?,29-,30?,31+,32+/m0/s1. The summed E-state index contributed by atoms with van der Waals surface area (Å²) in [6, 6.07) is 2.19. The van der Waals surface area contributed by atoms with Crippen LogP contribution in [0.5, 0.6) is 0 Å². The van der Waals surface area contributed by atoms with E-state index in [1.165, 1.54) is 6.92 Å². The molecule has 202 valence electrons. The molecule has 0 heterocycles. The highest BCUT2D eigenvalue weighted by atomic mass is 16.5. The maximum atomic E-state index is 14.4. The molecule has 5 nitrogen and oxygen atoms in total. The highest BCUT2D eigenvalue weighted by Crippen LogP contribution is 2.75. The number of ether oxygens (including phenoxy) is 1. The average molecular weight is 508 g/mol. The number of esters is 1. The molecule has 5 heteroatoms. The lowest BCUT2D eigenvalue weighted by Crippen LogP contribution is -2.68. The molecule has 0 aromatic rings. The Morgan fingerprint density at radius 1 is 1.03 bits per heavy atom. The van der Waals surface area contributed by atoms with Crippen molar-refractivity contribution in [2.45, 2.75) is 99.8 Å². The van der Waals surface area contributed by atoms with E-state index >= 15 is 0 Å². The Bertz CT molecular complexity index is 1110. The predicted octanol–water partition coefficient (Wildman–Crippen LogP) is 6.46. The van der Waals surface area contributed by atoms with E-state index in [-0.39, 0.29) is 74.0 Å². The number of rotatable bonds is 2. The minimum absolute atomic E-state index is 0.0304. The number of ketones is 2. The molecule has 5 aliphatic carbocycles. The van der Waals surface area contributed by atoms with E-state index < -0.39 is 0 Å². The summed E-state index contributed by atoms with van der Waals surface area (Å²) in [7, 11) is 0. The Hall–Kier alpha value is -1.96. The number of allylic oxidation sites excluding steroid dienone is 2. The number of nitriles is 1. The molecule has 4 saturated carbocycles. The number of hydrogen-bond acceptors (Lipinski definition) is 5. The molecule has 0 aliphatic heterocycles. The number of carbonyl (C=O) groups excluding carboxylic acids is 3. The number of Topliss-reactive ketones (excluding diaryl/α,β-unsaturated/α-hetero) is 2. The largest absolute Gasteiger partial charge is 0.465 e. The third-order valence-electron chi connectivity index (χ3n) is 12.9. The van der Waals surface area contributed by atoms with Crippen molar-refractivity contribution in [1.82, 2.24) is 0 Å². The van der Waals surface area contributed by atoms with Crippen LogP contribution in [0, 0.1) is 68.0 Å². The summed E-state index contributed by atoms with van der Waals surface area (Å²) in [6.45, 7) is 15.6. The van der Waals surface area contributed by atoms with Crippen molar-refractivity contribution in [2.75, 3.05) is 6.61 Å². The zero-order valence-electron chi connectivity index (χ0n) is 23.9. The van der Waals surface area contributed by atoms with Gasteiger partial charge in [-0.05, 0) is 84.4 Å². The van der Waals surface area contributed by atoms with Gasteiger partial charge < -0.3 is 4.74 Å². The van der Waals surface area contributed by atoms with Gasteiger partial charge in [0.1, 0.15) is 11.9 Å². The average Bonchev–Trinajstić information content (AvgIpc) is 2.82. The van der Waals surface area contributed by atoms with Gasteiger partial charge in [-0.3, -0.25) is 14.4 Å². The first-order valence-electron chi connectivity index (χ1n) is 14.5. The maximum Gasteiger partial charge on any atom is 0.302 e. The van der Waals surface area contributed by atoms with Crippen LogP contribution in [0.2, 0.25) is 0 Å². The molecule has 5 aliphatic rings. The van der Waals surface area contributed by atoms with Crippen molar-refractivity contribution < 1.29 is 19.1 Å². The first-order valence-corrected chi connectivity index (χ1v) is 14.5. The highest BCUT2D eigenvalue weighted by Gasteiger charge is 2.71. The van der Waals surface area contributed by atoms with Crippen molar-refractivity contribution in [2.24, 2.45) is 56.7 Å². The van der Waals surface area contributed by atoms with Crippen LogP contribution in [0.1, 0.15) is 99.8 Å². The van der Waals surface area contributed by atoms with Gasteiger partial charge in [0.05, 0.1) is 12.2 Å². The summed E-state index contributed by atoms with van der Waals surface area (Å²) in [5.74, 6) is 0.363. The Morgan fingerprint density at radius 3 is 2.35 bits per heavy atom. The topological polar surface area (TPSA) is 84.2 Å². The summed E-state index contributed by atoms with van der Waals surface area (Å²) in [5.41, 5.74) is -0.243. The molecule has 0 radical (unpaired) electrons. The number of hydrogen-bond donors (Lipinski definition) is 0. The smallest absolute Gasteiger partial charge is 0.302 e. The molecule has 0 saturated heterocycles. The van der Waals surface area contributed by atoms with E-state index in [4.69, 9.17) is 4.74 Å². The van der Waals surface area contributed by atoms with E-state index in [0.717, 1.165) is 44.9 Å². The van der Waals surface area contributed by atoms with Crippen LogP contribution in [0.15, 0.2) is 11.6 Å². The molecule has 9 atom stereocenters. The van der Waals surface area contributed by atoms with Crippen molar-refractivity contribution in [3.05, 3.63) is 11.6 Å². The quantitative estimate of drug-likeness (QED) is 0.401. The zero-order valence-corrected chi connectivity index (χ0v) is 23.9. The maximum absolute atomic E-state index is 14.4. The molecule has 37 heavy (non-hydrogen) atoms. The molecule has 0 spiro atoms. The van der Waals surface area contributed by atoms with Crippen LogP contribution in [-0.4, -0.2) is 24.1 Å². The minimum atomic E-state index is -0.340. The van der Waals surface area contributed by atoms with Crippen LogP contribution in [0.25, 0.3) is 0 Å². The normalized spacial score (nSPS) is 48.4. The van der Waals surface area contributed by atoms with Gasteiger partial charge in [-0.2, -0.15) is 5.26 Å². The predicted molar refractivity (Wildman–Crippen MR) is 141 cm³/mol. The Balaban J connectivity index is 1.60. The number of nitrogens with zero attached hydrogens (tertiary/aromatic N) is 1. The van der Waals surface area contributed by atoms with Gasteiger partial charge in [0.15, 0.2) is 5.78 Å². The lowest BCUT2D eigenvalue weighted by molar-refractivity contribution is -0.224. The third-order valence-corrected chi connectivity index (χ3v) is 12.9. The summed E-state index contributed by atoms with van der Waals surface area (Å²) in [5, 5.41) is 9.79. The van der Waals surface area contributed by atoms with Gasteiger partial charge in [-0.1, -0.05) is 47.6 Å². The highest BCUT2D eigenvalue weighted by molar-refractivity contribution is 6.01. The molecular formula is C32H45NO4. The van der Waals surface area contributed by atoms with Gasteiger partial charge in [-0.25, -0.2) is 0 Å². The molecule has 3 unspecified atom stereocenters. The fourth-order valence-electron chi connectivity index (χ4n) is 10.5. The summed E-state index contributed by atoms with van der Waals surface area (Å²) < 4.78 is 5.70. The second-order valence-corrected chi connectivity index (χ2v) is 15.0. The van der Waals surface area contributed by atoms with E-state index in [9.17, 15) is 19.6 Å². The van der Waals surface area contributed by atoms with Crippen LogP contribution in [0.3, 0.4) is 0 Å². The monoisotopic (exact) mass is 507 g/mol. The van der Waals surface area contributed by atoms with E-state index in [1.807, 2.05) is 13.0 Å². The Kier molecular flexibility index (Phi) is 5.95. The first-order chi connectivity index (χ1) is 17.1. The van der Waals surface area contributed by atoms with E-state index in [2.05, 4.69) is 40.7 Å². The van der Waals surface area contributed by atoms with Crippen LogP contribution in [0.4, 0.5) is 0 Å². The van der Waals surface area contributed by atoms with Crippen molar-refractivity contribution in [1.29, 1.82) is 5.26 Å². The van der Waals surface area contributed by atoms with Crippen molar-refractivity contribution >= 4 is 17.5 Å². The lowest BCUT2D eigenvalue weighted by atomic mass is 9.32. The van der Waals surface area contributed by atoms with Gasteiger partial charge in [0.25, 0.3) is 0 Å². The van der Waals surface area contributed by atoms with Crippen LogP contribution >= 0.6 is 0 Å². The summed E-state index contributed by atoms with van der Waals surface area (Å²) >= 11 is 0. The third kappa shape index (κ3) is 3.56. The number of fused-ring (bicyclic) bond motifs is 7. The minimum Gasteiger partial charge on any atom is -0.465 e. The Labute approximate surface area is 222 Å². The SMILES string of the molecule is CC(=O)OC[C@]12CCC(C)(C)CC1C1C(=O)C[C@H]3C(C)(CC[C@H]4[C@H](C)C(=O)C(C#N)=C[C@@]43C)[C@]1(C)CC2. The van der Waals surface area contributed by atoms with E-state index in [1.54, 1.807) is 0 Å². The summed E-state index contributed by atoms with van der Waals surface area (Å²) in [4.78, 5) is 39.2. The first kappa shape index (κ1) is 26.6. The summed E-state index contributed by atoms with van der Waals surface area (Å²) in [6.07, 6.45) is 9.48. The molecule has 0 aromatic heterocycles. The molecule has 0 N–H and O–H groups in total. The molecule has 0 aromatic carbocycles. The lowest BCUT2D eigenvalue weighted by Gasteiger charge is -2.71. The zero-order chi connectivity index (χ0) is 27.2. The van der Waals surface area contributed by atoms with Crippen LogP contribution in [-0.2, 0) is 19.1 Å². The second kappa shape index (κ2) is 8.27. The molecule has 5 rings (SSSR count).